The number of rotatable bonds is 7. The fourth-order valence-corrected chi connectivity index (χ4v) is 3.33. The Hall–Kier alpha value is -1.98. The monoisotopic (exact) mass is 327 g/mol. The molecular formula is C19H25N3O2. The van der Waals surface area contributed by atoms with Gasteiger partial charge in [0.1, 0.15) is 11.6 Å². The van der Waals surface area contributed by atoms with Crippen LogP contribution in [0, 0.1) is 0 Å². The lowest BCUT2D eigenvalue weighted by molar-refractivity contribution is 0.200. The van der Waals surface area contributed by atoms with Crippen molar-refractivity contribution >= 4 is 0 Å². The van der Waals surface area contributed by atoms with E-state index in [1.165, 1.54) is 12.0 Å². The van der Waals surface area contributed by atoms with Gasteiger partial charge < -0.3 is 9.47 Å². The third-order valence-corrected chi connectivity index (χ3v) is 4.54. The normalized spacial score (nSPS) is 18.0. The van der Waals surface area contributed by atoms with Crippen LogP contribution in [0.1, 0.15) is 35.8 Å². The number of para-hydroxylation sites is 1. The summed E-state index contributed by atoms with van der Waals surface area (Å²) in [5.41, 5.74) is 2.42. The molecule has 1 fully saturated rings. The van der Waals surface area contributed by atoms with E-state index >= 15 is 0 Å². The molecule has 0 aliphatic carbocycles. The maximum atomic E-state index is 5.55. The lowest BCUT2D eigenvalue weighted by Crippen LogP contribution is -2.23. The molecule has 1 aromatic heterocycles. The van der Waals surface area contributed by atoms with Crippen molar-refractivity contribution in [1.82, 2.24) is 14.9 Å². The van der Waals surface area contributed by atoms with E-state index in [9.17, 15) is 0 Å². The second-order valence-corrected chi connectivity index (χ2v) is 6.12. The highest BCUT2D eigenvalue weighted by molar-refractivity contribution is 5.36. The minimum atomic E-state index is 0.398. The Morgan fingerprint density at radius 1 is 1.17 bits per heavy atom. The largest absolute Gasteiger partial charge is 0.496 e. The third kappa shape index (κ3) is 3.91. The molecule has 1 saturated heterocycles. The first kappa shape index (κ1) is 16.9. The van der Waals surface area contributed by atoms with Crippen molar-refractivity contribution in [1.29, 1.82) is 0 Å². The molecule has 1 aliphatic rings. The van der Waals surface area contributed by atoms with Crippen molar-refractivity contribution in [3.05, 3.63) is 53.6 Å². The summed E-state index contributed by atoms with van der Waals surface area (Å²) in [5, 5.41) is 0. The summed E-state index contributed by atoms with van der Waals surface area (Å²) in [6, 6.07) is 8.72. The van der Waals surface area contributed by atoms with E-state index in [0.717, 1.165) is 43.1 Å². The zero-order valence-electron chi connectivity index (χ0n) is 14.4. The van der Waals surface area contributed by atoms with Crippen LogP contribution >= 0.6 is 0 Å². The van der Waals surface area contributed by atoms with Gasteiger partial charge in [-0.2, -0.15) is 0 Å². The third-order valence-electron chi connectivity index (χ3n) is 4.54. The summed E-state index contributed by atoms with van der Waals surface area (Å²) in [6.07, 6.45) is 7.00. The molecule has 0 saturated carbocycles. The molecule has 0 bridgehead atoms. The van der Waals surface area contributed by atoms with E-state index in [1.807, 2.05) is 24.5 Å². The Labute approximate surface area is 143 Å². The molecule has 1 unspecified atom stereocenters. The van der Waals surface area contributed by atoms with Crippen molar-refractivity contribution in [2.75, 3.05) is 27.4 Å². The smallest absolute Gasteiger partial charge is 0.130 e. The molecule has 1 aliphatic heterocycles. The molecule has 128 valence electrons. The van der Waals surface area contributed by atoms with E-state index in [1.54, 1.807) is 14.2 Å². The Morgan fingerprint density at radius 2 is 1.96 bits per heavy atom. The van der Waals surface area contributed by atoms with Crippen LogP contribution in [-0.4, -0.2) is 42.2 Å². The lowest BCUT2D eigenvalue weighted by Gasteiger charge is -2.26. The number of nitrogens with zero attached hydrogens (tertiary/aromatic N) is 3. The van der Waals surface area contributed by atoms with Crippen molar-refractivity contribution < 1.29 is 9.47 Å². The highest BCUT2D eigenvalue weighted by Gasteiger charge is 2.28. The minimum absolute atomic E-state index is 0.398. The predicted octanol–water partition coefficient (Wildman–Crippen LogP) is 3.01. The molecule has 0 N–H and O–H groups in total. The van der Waals surface area contributed by atoms with Gasteiger partial charge in [-0.1, -0.05) is 18.2 Å². The van der Waals surface area contributed by atoms with Crippen LogP contribution < -0.4 is 4.74 Å². The van der Waals surface area contributed by atoms with Gasteiger partial charge in [-0.3, -0.25) is 4.90 Å². The zero-order chi connectivity index (χ0) is 16.8. The number of ether oxygens (including phenoxy) is 2. The molecule has 3 rings (SSSR count). The first-order chi connectivity index (χ1) is 11.8. The Morgan fingerprint density at radius 3 is 2.71 bits per heavy atom. The zero-order valence-corrected chi connectivity index (χ0v) is 14.4. The predicted molar refractivity (Wildman–Crippen MR) is 93.0 cm³/mol. The van der Waals surface area contributed by atoms with E-state index in [-0.39, 0.29) is 0 Å². The molecular weight excluding hydrogens is 302 g/mol. The average Bonchev–Trinajstić information content (AvgIpc) is 3.09. The minimum Gasteiger partial charge on any atom is -0.496 e. The molecule has 24 heavy (non-hydrogen) atoms. The molecule has 0 amide bonds. The summed E-state index contributed by atoms with van der Waals surface area (Å²) in [7, 11) is 3.43. The number of likely N-dealkylation sites (tertiary alicyclic amines) is 1. The highest BCUT2D eigenvalue weighted by Crippen LogP contribution is 2.37. The number of aromatic nitrogens is 2. The standard InChI is InChI=1S/C19H25N3O2/c1-23-11-9-19-20-12-15(13-21-19)14-22-10-5-7-17(22)16-6-3-4-8-18(16)24-2/h3-4,6,8,12-13,17H,5,7,9-11,14H2,1-2H3. The van der Waals surface area contributed by atoms with Gasteiger partial charge in [0.25, 0.3) is 0 Å². The van der Waals surface area contributed by atoms with Crippen LogP contribution in [0.3, 0.4) is 0 Å². The van der Waals surface area contributed by atoms with Gasteiger partial charge >= 0.3 is 0 Å². The summed E-state index contributed by atoms with van der Waals surface area (Å²) < 4.78 is 10.6. The van der Waals surface area contributed by atoms with Crippen molar-refractivity contribution in [3.63, 3.8) is 0 Å². The SMILES string of the molecule is COCCc1ncc(CN2CCCC2c2ccccc2OC)cn1. The van der Waals surface area contributed by atoms with E-state index in [4.69, 9.17) is 9.47 Å². The topological polar surface area (TPSA) is 47.5 Å². The maximum Gasteiger partial charge on any atom is 0.130 e. The summed E-state index contributed by atoms with van der Waals surface area (Å²) in [5.74, 6) is 1.81. The quantitative estimate of drug-likeness (QED) is 0.782. The number of hydrogen-bond donors (Lipinski definition) is 0. The van der Waals surface area contributed by atoms with Gasteiger partial charge in [-0.25, -0.2) is 9.97 Å². The molecule has 1 aromatic carbocycles. The first-order valence-electron chi connectivity index (χ1n) is 8.47. The van der Waals surface area contributed by atoms with Gasteiger partial charge in [0.15, 0.2) is 0 Å². The van der Waals surface area contributed by atoms with Crippen LogP contribution in [0.25, 0.3) is 0 Å². The van der Waals surface area contributed by atoms with Crippen molar-refractivity contribution in [2.45, 2.75) is 31.8 Å². The van der Waals surface area contributed by atoms with Crippen LogP contribution in [-0.2, 0) is 17.7 Å². The van der Waals surface area contributed by atoms with Crippen LogP contribution in [0.5, 0.6) is 5.75 Å². The van der Waals surface area contributed by atoms with Gasteiger partial charge in [-0.15, -0.1) is 0 Å². The Bertz CT molecular complexity index is 645. The highest BCUT2D eigenvalue weighted by atomic mass is 16.5. The summed E-state index contributed by atoms with van der Waals surface area (Å²) in [4.78, 5) is 11.4. The van der Waals surface area contributed by atoms with Crippen LogP contribution in [0.2, 0.25) is 0 Å². The van der Waals surface area contributed by atoms with E-state index in [2.05, 4.69) is 27.0 Å². The number of benzene rings is 1. The van der Waals surface area contributed by atoms with Crippen molar-refractivity contribution in [2.24, 2.45) is 0 Å². The number of hydrogen-bond acceptors (Lipinski definition) is 5. The fourth-order valence-electron chi connectivity index (χ4n) is 3.33. The maximum absolute atomic E-state index is 5.55. The van der Waals surface area contributed by atoms with Gasteiger partial charge in [0, 0.05) is 49.6 Å². The fraction of sp³-hybridized carbons (Fsp3) is 0.474. The van der Waals surface area contributed by atoms with Gasteiger partial charge in [0.2, 0.25) is 0 Å². The van der Waals surface area contributed by atoms with Crippen molar-refractivity contribution in [3.8, 4) is 5.75 Å². The van der Waals surface area contributed by atoms with E-state index in [0.29, 0.717) is 12.6 Å². The summed E-state index contributed by atoms with van der Waals surface area (Å²) in [6.45, 7) is 2.61. The van der Waals surface area contributed by atoms with Crippen LogP contribution in [0.15, 0.2) is 36.7 Å². The first-order valence-corrected chi connectivity index (χ1v) is 8.47. The molecule has 0 spiro atoms. The second-order valence-electron chi connectivity index (χ2n) is 6.12. The van der Waals surface area contributed by atoms with Crippen LogP contribution in [0.4, 0.5) is 0 Å². The molecule has 2 heterocycles. The second kappa shape index (κ2) is 8.22. The average molecular weight is 327 g/mol. The van der Waals surface area contributed by atoms with Gasteiger partial charge in [-0.05, 0) is 25.5 Å². The molecule has 1 atom stereocenters. The molecule has 0 radical (unpaired) electrons. The van der Waals surface area contributed by atoms with Gasteiger partial charge in [0.05, 0.1) is 13.7 Å². The molecule has 5 heteroatoms. The Kier molecular flexibility index (Phi) is 5.77. The van der Waals surface area contributed by atoms with E-state index < -0.39 is 0 Å². The molecule has 5 nitrogen and oxygen atoms in total. The molecule has 2 aromatic rings. The number of methoxy groups -OCH3 is 2. The lowest BCUT2D eigenvalue weighted by atomic mass is 10.0. The Balaban J connectivity index is 1.70. The summed E-state index contributed by atoms with van der Waals surface area (Å²) >= 11 is 0.